The van der Waals surface area contributed by atoms with Gasteiger partial charge in [0.15, 0.2) is 5.82 Å². The summed E-state index contributed by atoms with van der Waals surface area (Å²) in [5.74, 6) is 0.0681. The molecule has 4 rings (SSSR count). The number of rotatable bonds is 4. The number of alkyl halides is 3. The lowest BCUT2D eigenvalue weighted by Crippen LogP contribution is -2.14. The highest BCUT2D eigenvalue weighted by Crippen LogP contribution is 2.29. The van der Waals surface area contributed by atoms with Crippen LogP contribution in [-0.4, -0.2) is 37.9 Å². The van der Waals surface area contributed by atoms with Gasteiger partial charge in [-0.05, 0) is 18.2 Å². The van der Waals surface area contributed by atoms with Crippen molar-refractivity contribution < 1.29 is 21.6 Å². The molecule has 0 saturated heterocycles. The van der Waals surface area contributed by atoms with E-state index in [1.54, 1.807) is 19.3 Å². The predicted octanol–water partition coefficient (Wildman–Crippen LogP) is 2.37. The second kappa shape index (κ2) is 6.55. The predicted molar refractivity (Wildman–Crippen MR) is 95.7 cm³/mol. The molecule has 0 fully saturated rings. The first-order chi connectivity index (χ1) is 13.6. The first-order valence-corrected chi connectivity index (χ1v) is 9.51. The van der Waals surface area contributed by atoms with Crippen LogP contribution in [0.25, 0.3) is 16.6 Å². The van der Waals surface area contributed by atoms with E-state index in [2.05, 4.69) is 24.9 Å². The summed E-state index contributed by atoms with van der Waals surface area (Å²) in [5, 5.41) is 8.60. The summed E-state index contributed by atoms with van der Waals surface area (Å²) in [6.07, 6.45) is 1.46. The van der Waals surface area contributed by atoms with Crippen LogP contribution in [0.3, 0.4) is 0 Å². The van der Waals surface area contributed by atoms with Crippen LogP contribution < -0.4 is 4.72 Å². The van der Waals surface area contributed by atoms with Crippen LogP contribution in [0, 0.1) is 0 Å². The molecule has 9 nitrogen and oxygen atoms in total. The molecule has 0 amide bonds. The van der Waals surface area contributed by atoms with Crippen molar-refractivity contribution in [1.29, 1.82) is 0 Å². The van der Waals surface area contributed by atoms with E-state index in [1.165, 1.54) is 16.9 Å². The molecule has 29 heavy (non-hydrogen) atoms. The third-order valence-corrected chi connectivity index (χ3v) is 5.34. The van der Waals surface area contributed by atoms with E-state index in [-0.39, 0.29) is 16.4 Å². The maximum absolute atomic E-state index is 12.8. The highest BCUT2D eigenvalue weighted by Gasteiger charge is 2.32. The zero-order valence-electron chi connectivity index (χ0n) is 14.7. The van der Waals surface area contributed by atoms with E-state index in [0.717, 1.165) is 29.3 Å². The number of hydrogen-bond acceptors (Lipinski definition) is 6. The van der Waals surface area contributed by atoms with Crippen LogP contribution in [0.5, 0.6) is 0 Å². The van der Waals surface area contributed by atoms with Crippen molar-refractivity contribution in [2.75, 3.05) is 4.72 Å². The van der Waals surface area contributed by atoms with E-state index >= 15 is 0 Å². The second-order valence-electron chi connectivity index (χ2n) is 5.99. The third kappa shape index (κ3) is 3.51. The highest BCUT2D eigenvalue weighted by atomic mass is 32.2. The maximum Gasteiger partial charge on any atom is 0.433 e. The molecule has 4 heterocycles. The Labute approximate surface area is 161 Å². The lowest BCUT2D eigenvalue weighted by molar-refractivity contribution is -0.141. The maximum atomic E-state index is 12.8. The average Bonchev–Trinajstić information content (AvgIpc) is 3.30. The number of nitrogens with one attached hydrogen (secondary N) is 1. The molecule has 0 spiro atoms. The first-order valence-electron chi connectivity index (χ1n) is 8.03. The smallest absolute Gasteiger partial charge is 0.264 e. The molecule has 0 unspecified atom stereocenters. The molecule has 150 valence electrons. The van der Waals surface area contributed by atoms with Crippen molar-refractivity contribution >= 4 is 26.7 Å². The molecular formula is C16H12F3N7O2S. The number of sulfonamides is 1. The Morgan fingerprint density at radius 1 is 1.07 bits per heavy atom. The number of anilines is 1. The van der Waals surface area contributed by atoms with Gasteiger partial charge in [-0.3, -0.25) is 14.4 Å². The van der Waals surface area contributed by atoms with Crippen LogP contribution in [-0.2, 0) is 23.2 Å². The third-order valence-electron chi connectivity index (χ3n) is 4.05. The Balaban J connectivity index is 1.68. The summed E-state index contributed by atoms with van der Waals surface area (Å²) < 4.78 is 68.8. The molecule has 1 N–H and O–H groups in total. The van der Waals surface area contributed by atoms with Crippen molar-refractivity contribution in [3.63, 3.8) is 0 Å². The molecule has 4 aromatic heterocycles. The summed E-state index contributed by atoms with van der Waals surface area (Å²) in [6, 6.07) is 3.73. The Hall–Kier alpha value is -3.48. The number of fused-ring (bicyclic) bond motifs is 1. The van der Waals surface area contributed by atoms with Crippen LogP contribution in [0.1, 0.15) is 5.69 Å². The number of halogens is 3. The molecule has 0 atom stereocenters. The van der Waals surface area contributed by atoms with Gasteiger partial charge < -0.3 is 0 Å². The first kappa shape index (κ1) is 18.9. The number of aromatic nitrogens is 6. The molecule has 0 saturated carbocycles. The summed E-state index contributed by atoms with van der Waals surface area (Å²) in [5.41, 5.74) is -0.617. The lowest BCUT2D eigenvalue weighted by atomic mass is 10.3. The van der Waals surface area contributed by atoms with Crippen molar-refractivity contribution in [2.24, 2.45) is 7.05 Å². The van der Waals surface area contributed by atoms with Gasteiger partial charge in [0.1, 0.15) is 16.1 Å². The lowest BCUT2D eigenvalue weighted by Gasteiger charge is -2.08. The summed E-state index contributed by atoms with van der Waals surface area (Å²) in [4.78, 5) is 7.06. The highest BCUT2D eigenvalue weighted by molar-refractivity contribution is 7.92. The minimum atomic E-state index is -4.63. The normalized spacial score (nSPS) is 12.4. The van der Waals surface area contributed by atoms with Crippen molar-refractivity contribution in [1.82, 2.24) is 29.5 Å². The number of pyridine rings is 2. The van der Waals surface area contributed by atoms with Gasteiger partial charge in [-0.15, -0.1) is 0 Å². The Kier molecular flexibility index (Phi) is 4.26. The van der Waals surface area contributed by atoms with Gasteiger partial charge in [-0.2, -0.15) is 23.4 Å². The summed E-state index contributed by atoms with van der Waals surface area (Å²) in [7, 11) is -2.46. The van der Waals surface area contributed by atoms with Crippen molar-refractivity contribution in [3.8, 4) is 5.69 Å². The topological polar surface area (TPSA) is 108 Å². The van der Waals surface area contributed by atoms with Crippen LogP contribution in [0.15, 0.2) is 54.1 Å². The van der Waals surface area contributed by atoms with Gasteiger partial charge in [-0.1, -0.05) is 0 Å². The van der Waals surface area contributed by atoms with Gasteiger partial charge in [0.2, 0.25) is 0 Å². The van der Waals surface area contributed by atoms with Gasteiger partial charge in [0, 0.05) is 24.8 Å². The zero-order valence-corrected chi connectivity index (χ0v) is 15.5. The quantitative estimate of drug-likeness (QED) is 0.540. The van der Waals surface area contributed by atoms with Gasteiger partial charge in [0.25, 0.3) is 10.0 Å². The molecule has 0 aliphatic carbocycles. The number of hydrogen-bond donors (Lipinski definition) is 1. The van der Waals surface area contributed by atoms with Crippen molar-refractivity contribution in [2.45, 2.75) is 11.1 Å². The molecule has 0 bridgehead atoms. The fourth-order valence-electron chi connectivity index (χ4n) is 2.68. The fourth-order valence-corrected chi connectivity index (χ4v) is 3.63. The Morgan fingerprint density at radius 3 is 2.59 bits per heavy atom. The largest absolute Gasteiger partial charge is 0.433 e. The number of nitrogens with zero attached hydrogens (tertiary/aromatic N) is 6. The van der Waals surface area contributed by atoms with Crippen LogP contribution in [0.4, 0.5) is 19.0 Å². The van der Waals surface area contributed by atoms with Gasteiger partial charge in [0.05, 0.1) is 24.3 Å². The SMILES string of the molecule is Cn1ncc2ccnc(NS(=O)(=O)c3cnn(-c4ccnc(C(F)(F)F)c4)c3)c21. The van der Waals surface area contributed by atoms with Gasteiger partial charge >= 0.3 is 6.18 Å². The minimum Gasteiger partial charge on any atom is -0.264 e. The molecular weight excluding hydrogens is 411 g/mol. The van der Waals surface area contributed by atoms with E-state index in [1.807, 2.05) is 0 Å². The summed E-state index contributed by atoms with van der Waals surface area (Å²) >= 11 is 0. The molecule has 4 aromatic rings. The van der Waals surface area contributed by atoms with Crippen LogP contribution in [0.2, 0.25) is 0 Å². The van der Waals surface area contributed by atoms with Gasteiger partial charge in [-0.25, -0.2) is 18.1 Å². The minimum absolute atomic E-state index is 0.0145. The molecule has 0 aliphatic rings. The van der Waals surface area contributed by atoms with E-state index < -0.39 is 21.9 Å². The Bertz CT molecular complexity index is 1310. The second-order valence-corrected chi connectivity index (χ2v) is 7.67. The summed E-state index contributed by atoms with van der Waals surface area (Å²) in [6.45, 7) is 0. The average molecular weight is 423 g/mol. The standard InChI is InChI=1S/C16H12F3N7O2S/c1-25-14-10(7-22-25)2-4-21-15(14)24-29(27,28)12-8-23-26(9-12)11-3-5-20-13(6-11)16(17,18)19/h2-9H,1H3,(H,21,24). The Morgan fingerprint density at radius 2 is 1.83 bits per heavy atom. The molecule has 0 aromatic carbocycles. The van der Waals surface area contributed by atoms with E-state index in [9.17, 15) is 21.6 Å². The van der Waals surface area contributed by atoms with Crippen LogP contribution >= 0.6 is 0 Å². The molecule has 0 radical (unpaired) electrons. The van der Waals surface area contributed by atoms with E-state index in [0.29, 0.717) is 10.9 Å². The van der Waals surface area contributed by atoms with Crippen molar-refractivity contribution in [3.05, 3.63) is 54.9 Å². The fraction of sp³-hybridized carbons (Fsp3) is 0.125. The zero-order chi connectivity index (χ0) is 20.8. The molecule has 13 heteroatoms. The molecule has 0 aliphatic heterocycles. The van der Waals surface area contributed by atoms with E-state index in [4.69, 9.17) is 0 Å². The monoisotopic (exact) mass is 423 g/mol. The number of aryl methyl sites for hydroxylation is 1.